The summed E-state index contributed by atoms with van der Waals surface area (Å²) in [6.45, 7) is 7.47. The molecule has 0 atom stereocenters. The Kier molecular flexibility index (Phi) is 5.73. The second kappa shape index (κ2) is 8.21. The maximum atomic E-state index is 12.7. The molecule has 1 amide bonds. The number of carbonyl (C=O) groups is 2. The zero-order chi connectivity index (χ0) is 20.3. The first-order valence-electron chi connectivity index (χ1n) is 9.33. The fourth-order valence-corrected chi connectivity index (χ4v) is 3.19. The summed E-state index contributed by atoms with van der Waals surface area (Å²) in [5, 5.41) is 3.67. The van der Waals surface area contributed by atoms with Gasteiger partial charge in [-0.05, 0) is 62.1 Å². The van der Waals surface area contributed by atoms with Gasteiger partial charge in [-0.25, -0.2) is 4.79 Å². The summed E-state index contributed by atoms with van der Waals surface area (Å²) in [6.07, 6.45) is 0.602. The number of amides is 1. The molecule has 0 spiro atoms. The molecule has 1 N–H and O–H groups in total. The highest BCUT2D eigenvalue weighted by molar-refractivity contribution is 6.00. The van der Waals surface area contributed by atoms with Crippen molar-refractivity contribution < 1.29 is 14.3 Å². The molecule has 0 unspecified atom stereocenters. The van der Waals surface area contributed by atoms with Crippen molar-refractivity contribution in [3.05, 3.63) is 70.4 Å². The third-order valence-corrected chi connectivity index (χ3v) is 4.89. The minimum Gasteiger partial charge on any atom is -0.452 e. The number of hydrogen-bond acceptors (Lipinski definition) is 4. The highest BCUT2D eigenvalue weighted by Crippen LogP contribution is 2.24. The van der Waals surface area contributed by atoms with E-state index in [1.54, 1.807) is 0 Å². The van der Waals surface area contributed by atoms with E-state index >= 15 is 0 Å². The van der Waals surface area contributed by atoms with E-state index in [0.717, 1.165) is 27.6 Å². The van der Waals surface area contributed by atoms with E-state index < -0.39 is 5.97 Å². The van der Waals surface area contributed by atoms with Gasteiger partial charge in [0.2, 0.25) is 0 Å². The van der Waals surface area contributed by atoms with E-state index in [1.165, 1.54) is 0 Å². The fraction of sp³-hybridized carbons (Fsp3) is 0.261. The molecule has 2 aromatic carbocycles. The summed E-state index contributed by atoms with van der Waals surface area (Å²) >= 11 is 0. The van der Waals surface area contributed by atoms with Crippen molar-refractivity contribution in [3.8, 4) is 0 Å². The summed E-state index contributed by atoms with van der Waals surface area (Å²) in [5.41, 5.74) is 5.71. The third kappa shape index (κ3) is 4.03. The zero-order valence-corrected chi connectivity index (χ0v) is 16.6. The van der Waals surface area contributed by atoms with E-state index in [1.807, 2.05) is 70.2 Å². The largest absolute Gasteiger partial charge is 0.452 e. The van der Waals surface area contributed by atoms with Gasteiger partial charge in [0.05, 0.1) is 16.8 Å². The lowest BCUT2D eigenvalue weighted by Crippen LogP contribution is -2.22. The van der Waals surface area contributed by atoms with Crippen LogP contribution in [0.2, 0.25) is 0 Å². The van der Waals surface area contributed by atoms with Gasteiger partial charge in [-0.3, -0.25) is 9.78 Å². The molecule has 5 heteroatoms. The topological polar surface area (TPSA) is 68.3 Å². The molecule has 0 saturated heterocycles. The fourth-order valence-electron chi connectivity index (χ4n) is 3.19. The van der Waals surface area contributed by atoms with Crippen molar-refractivity contribution >= 4 is 28.5 Å². The van der Waals surface area contributed by atoms with E-state index in [-0.39, 0.29) is 12.5 Å². The average Bonchev–Trinajstić information content (AvgIpc) is 2.69. The molecule has 0 aliphatic rings. The van der Waals surface area contributed by atoms with Crippen LogP contribution in [0.25, 0.3) is 10.9 Å². The van der Waals surface area contributed by atoms with Crippen LogP contribution in [0.15, 0.2) is 42.5 Å². The molecule has 0 fully saturated rings. The van der Waals surface area contributed by atoms with Crippen LogP contribution < -0.4 is 5.32 Å². The number of nitrogens with zero attached hydrogens (tertiary/aromatic N) is 1. The Balaban J connectivity index is 1.75. The standard InChI is InChI=1S/C23H24N2O3/c1-5-19-22(16(4)18-8-6-7-9-20(18)25-19)23(27)28-13-21(26)24-17-11-10-14(2)15(3)12-17/h6-12H,5,13H2,1-4H3,(H,24,26). The number of rotatable bonds is 5. The Labute approximate surface area is 164 Å². The Hall–Kier alpha value is -3.21. The molecular weight excluding hydrogens is 352 g/mol. The molecule has 5 nitrogen and oxygen atoms in total. The van der Waals surface area contributed by atoms with Crippen LogP contribution in [0, 0.1) is 20.8 Å². The van der Waals surface area contributed by atoms with Crippen LogP contribution >= 0.6 is 0 Å². The smallest absolute Gasteiger partial charge is 0.340 e. The van der Waals surface area contributed by atoms with E-state index in [9.17, 15) is 9.59 Å². The van der Waals surface area contributed by atoms with Gasteiger partial charge in [0, 0.05) is 11.1 Å². The lowest BCUT2D eigenvalue weighted by molar-refractivity contribution is -0.119. The predicted octanol–water partition coefficient (Wildman–Crippen LogP) is 4.52. The molecule has 1 aromatic heterocycles. The number of fused-ring (bicyclic) bond motifs is 1. The number of esters is 1. The van der Waals surface area contributed by atoms with Crippen LogP contribution in [0.3, 0.4) is 0 Å². The van der Waals surface area contributed by atoms with Gasteiger partial charge >= 0.3 is 5.97 Å². The Morgan fingerprint density at radius 3 is 2.50 bits per heavy atom. The second-order valence-corrected chi connectivity index (χ2v) is 6.85. The molecule has 3 rings (SSSR count). The molecule has 3 aromatic rings. The number of ether oxygens (including phenoxy) is 1. The quantitative estimate of drug-likeness (QED) is 0.665. The van der Waals surface area contributed by atoms with Crippen LogP contribution in [-0.4, -0.2) is 23.5 Å². The molecular formula is C23H24N2O3. The number of para-hydroxylation sites is 1. The maximum Gasteiger partial charge on any atom is 0.340 e. The van der Waals surface area contributed by atoms with Crippen LogP contribution in [0.5, 0.6) is 0 Å². The first kappa shape index (κ1) is 19.5. The second-order valence-electron chi connectivity index (χ2n) is 6.85. The van der Waals surface area contributed by atoms with Gasteiger partial charge in [0.15, 0.2) is 6.61 Å². The summed E-state index contributed by atoms with van der Waals surface area (Å²) in [5.74, 6) is -0.899. The number of aromatic nitrogens is 1. The Morgan fingerprint density at radius 2 is 1.79 bits per heavy atom. The van der Waals surface area contributed by atoms with Gasteiger partial charge in [-0.1, -0.05) is 31.2 Å². The lowest BCUT2D eigenvalue weighted by Gasteiger charge is -2.13. The highest BCUT2D eigenvalue weighted by atomic mass is 16.5. The zero-order valence-electron chi connectivity index (χ0n) is 16.6. The monoisotopic (exact) mass is 376 g/mol. The Morgan fingerprint density at radius 1 is 1.04 bits per heavy atom. The number of anilines is 1. The maximum absolute atomic E-state index is 12.7. The number of aryl methyl sites for hydroxylation is 4. The number of carbonyl (C=O) groups excluding carboxylic acids is 2. The molecule has 0 aliphatic heterocycles. The van der Waals surface area contributed by atoms with Crippen molar-refractivity contribution in [3.63, 3.8) is 0 Å². The third-order valence-electron chi connectivity index (χ3n) is 4.89. The molecule has 0 saturated carbocycles. The highest BCUT2D eigenvalue weighted by Gasteiger charge is 2.20. The van der Waals surface area contributed by atoms with Gasteiger partial charge < -0.3 is 10.1 Å². The predicted molar refractivity (Wildman–Crippen MR) is 111 cm³/mol. The first-order valence-corrected chi connectivity index (χ1v) is 9.33. The first-order chi connectivity index (χ1) is 13.4. The minimum absolute atomic E-state index is 0.346. The molecule has 0 aliphatic carbocycles. The van der Waals surface area contributed by atoms with Gasteiger partial charge in [0.1, 0.15) is 0 Å². The van der Waals surface area contributed by atoms with Crippen LogP contribution in [-0.2, 0) is 16.0 Å². The summed E-state index contributed by atoms with van der Waals surface area (Å²) in [6, 6.07) is 13.3. The lowest BCUT2D eigenvalue weighted by atomic mass is 10.0. The van der Waals surface area contributed by atoms with Crippen LogP contribution in [0.4, 0.5) is 5.69 Å². The number of benzene rings is 2. The van der Waals surface area contributed by atoms with Crippen molar-refractivity contribution in [2.24, 2.45) is 0 Å². The van der Waals surface area contributed by atoms with E-state index in [4.69, 9.17) is 4.74 Å². The van der Waals surface area contributed by atoms with Crippen molar-refractivity contribution in [2.45, 2.75) is 34.1 Å². The number of pyridine rings is 1. The molecule has 1 heterocycles. The van der Waals surface area contributed by atoms with E-state index in [2.05, 4.69) is 10.3 Å². The van der Waals surface area contributed by atoms with E-state index in [0.29, 0.717) is 23.4 Å². The van der Waals surface area contributed by atoms with Gasteiger partial charge in [0.25, 0.3) is 5.91 Å². The van der Waals surface area contributed by atoms with Crippen LogP contribution in [0.1, 0.15) is 39.7 Å². The van der Waals surface area contributed by atoms with Crippen molar-refractivity contribution in [2.75, 3.05) is 11.9 Å². The van der Waals surface area contributed by atoms with Crippen molar-refractivity contribution in [1.82, 2.24) is 4.98 Å². The molecule has 0 radical (unpaired) electrons. The SMILES string of the molecule is CCc1nc2ccccc2c(C)c1C(=O)OCC(=O)Nc1ccc(C)c(C)c1. The molecule has 28 heavy (non-hydrogen) atoms. The minimum atomic E-state index is -0.525. The number of hydrogen-bond donors (Lipinski definition) is 1. The van der Waals surface area contributed by atoms with Gasteiger partial charge in [-0.15, -0.1) is 0 Å². The Bertz CT molecular complexity index is 1060. The van der Waals surface area contributed by atoms with Crippen molar-refractivity contribution in [1.29, 1.82) is 0 Å². The summed E-state index contributed by atoms with van der Waals surface area (Å²) < 4.78 is 5.30. The average molecular weight is 376 g/mol. The number of nitrogens with one attached hydrogen (secondary N) is 1. The summed E-state index contributed by atoms with van der Waals surface area (Å²) in [7, 11) is 0. The normalized spacial score (nSPS) is 10.7. The summed E-state index contributed by atoms with van der Waals surface area (Å²) in [4.78, 5) is 29.5. The van der Waals surface area contributed by atoms with Gasteiger partial charge in [-0.2, -0.15) is 0 Å². The molecule has 0 bridgehead atoms. The molecule has 144 valence electrons.